The molecule has 0 aliphatic rings. The molecule has 0 heterocycles. The van der Waals surface area contributed by atoms with Crippen LogP contribution in [0, 0.1) is 0 Å². The molecule has 3 N–H and O–H groups in total. The molecule has 74 valence electrons. The van der Waals surface area contributed by atoms with E-state index in [0.717, 1.165) is 6.26 Å². The van der Waals surface area contributed by atoms with Crippen LogP contribution in [0.2, 0.25) is 0 Å². The molecule has 6 nitrogen and oxygen atoms in total. The molecule has 0 rings (SSSR count). The van der Waals surface area contributed by atoms with Gasteiger partial charge in [0.25, 0.3) is 18.6 Å². The van der Waals surface area contributed by atoms with E-state index in [1.807, 2.05) is 0 Å². The van der Waals surface area contributed by atoms with Gasteiger partial charge >= 0.3 is 0 Å². The van der Waals surface area contributed by atoms with Crippen LogP contribution in [-0.4, -0.2) is 37.1 Å². The molecular weight excluding hydrogens is 205 g/mol. The Balaban J connectivity index is 3.65. The second-order valence-corrected chi connectivity index (χ2v) is 4.79. The van der Waals surface area contributed by atoms with Crippen molar-refractivity contribution in [1.29, 1.82) is 0 Å². The van der Waals surface area contributed by atoms with Crippen LogP contribution in [-0.2, 0) is 14.3 Å². The Morgan fingerprint density at radius 1 is 1.58 bits per heavy atom. The van der Waals surface area contributed by atoms with Crippen molar-refractivity contribution in [3.63, 3.8) is 0 Å². The normalized spacial score (nSPS) is 15.1. The Hall–Kier alpha value is 0.220. The van der Waals surface area contributed by atoms with Gasteiger partial charge in [0.05, 0.1) is 12.9 Å². The van der Waals surface area contributed by atoms with E-state index in [2.05, 4.69) is 9.27 Å². The van der Waals surface area contributed by atoms with Crippen molar-refractivity contribution in [2.45, 2.75) is 13.0 Å². The molecule has 12 heavy (non-hydrogen) atoms. The van der Waals surface area contributed by atoms with E-state index in [9.17, 15) is 8.42 Å². The van der Waals surface area contributed by atoms with Crippen LogP contribution in [0.4, 0.5) is 0 Å². The van der Waals surface area contributed by atoms with Gasteiger partial charge in [-0.05, 0) is 6.92 Å². The maximum Gasteiger partial charge on any atom is 0.264 e. The molecular formula is C4H12NO5PS. The van der Waals surface area contributed by atoms with Crippen molar-refractivity contribution >= 4 is 18.6 Å². The van der Waals surface area contributed by atoms with Crippen molar-refractivity contribution in [3.8, 4) is 0 Å². The molecule has 0 unspecified atom stereocenters. The fourth-order valence-electron chi connectivity index (χ4n) is 0.460. The van der Waals surface area contributed by atoms with Gasteiger partial charge in [0.15, 0.2) is 0 Å². The highest BCUT2D eigenvalue weighted by Gasteiger charge is 2.09. The molecule has 0 aromatic heterocycles. The van der Waals surface area contributed by atoms with Gasteiger partial charge in [-0.3, -0.25) is 4.18 Å². The Morgan fingerprint density at radius 3 is 2.42 bits per heavy atom. The second-order valence-electron chi connectivity index (χ2n) is 2.31. The summed E-state index contributed by atoms with van der Waals surface area (Å²) in [7, 11) is -5.66. The molecule has 0 aliphatic carbocycles. The maximum absolute atomic E-state index is 10.5. The highest BCUT2D eigenvalue weighted by Crippen LogP contribution is 2.16. The minimum absolute atomic E-state index is 0.112. The zero-order chi connectivity index (χ0) is 9.78. The summed E-state index contributed by atoms with van der Waals surface area (Å²) in [5.74, 6) is 0. The molecule has 0 spiro atoms. The van der Waals surface area contributed by atoms with Crippen LogP contribution in [0.25, 0.3) is 0 Å². The number of hydrogen-bond donors (Lipinski definition) is 3. The summed E-state index contributed by atoms with van der Waals surface area (Å²) >= 11 is 0. The van der Waals surface area contributed by atoms with Gasteiger partial charge in [0.1, 0.15) is 0 Å². The van der Waals surface area contributed by atoms with Gasteiger partial charge in [-0.2, -0.15) is 8.42 Å². The van der Waals surface area contributed by atoms with E-state index in [4.69, 9.17) is 9.79 Å². The third kappa shape index (κ3) is 8.32. The lowest BCUT2D eigenvalue weighted by Crippen LogP contribution is -2.27. The monoisotopic (exact) mass is 217 g/mol. The largest absolute Gasteiger partial charge is 0.338 e. The molecule has 1 atom stereocenters. The van der Waals surface area contributed by atoms with Crippen molar-refractivity contribution in [3.05, 3.63) is 0 Å². The number of hydrogen-bond acceptors (Lipinski definition) is 6. The van der Waals surface area contributed by atoms with E-state index in [-0.39, 0.29) is 6.61 Å². The molecule has 0 radical (unpaired) electrons. The number of rotatable bonds is 5. The Labute approximate surface area is 72.6 Å². The SMILES string of the molecule is C[C@@H](COS(C)(=O)=O)NP(O)O. The predicted octanol–water partition coefficient (Wildman–Crippen LogP) is -0.848. The molecule has 0 amide bonds. The van der Waals surface area contributed by atoms with E-state index in [0.29, 0.717) is 0 Å². The highest BCUT2D eigenvalue weighted by molar-refractivity contribution is 7.85. The standard InChI is InChI=1S/C4H12NO5PS/c1-4(5-11(6)7)3-10-12(2,8)9/h4-7H,3H2,1-2H3/t4-/m0/s1. The first-order chi connectivity index (χ1) is 5.31. The van der Waals surface area contributed by atoms with Crippen LogP contribution in [0.5, 0.6) is 0 Å². The fraction of sp³-hybridized carbons (Fsp3) is 1.00. The lowest BCUT2D eigenvalue weighted by atomic mass is 10.4. The average Bonchev–Trinajstić information content (AvgIpc) is 1.80. The highest BCUT2D eigenvalue weighted by atomic mass is 32.2. The molecule has 0 saturated heterocycles. The summed E-state index contributed by atoms with van der Waals surface area (Å²) < 4.78 is 25.3. The summed E-state index contributed by atoms with van der Waals surface area (Å²) in [6, 6.07) is -0.416. The van der Waals surface area contributed by atoms with Crippen molar-refractivity contribution in [2.24, 2.45) is 0 Å². The molecule has 0 bridgehead atoms. The molecule has 0 aromatic carbocycles. The molecule has 0 aliphatic heterocycles. The summed E-state index contributed by atoms with van der Waals surface area (Å²) in [6.07, 6.45) is 0.931. The predicted molar refractivity (Wildman–Crippen MR) is 44.8 cm³/mol. The smallest absolute Gasteiger partial charge is 0.264 e. The quantitative estimate of drug-likeness (QED) is 0.410. The van der Waals surface area contributed by atoms with E-state index in [1.54, 1.807) is 6.92 Å². The summed E-state index contributed by atoms with van der Waals surface area (Å²) in [6.45, 7) is 1.46. The zero-order valence-corrected chi connectivity index (χ0v) is 8.47. The Bertz CT molecular complexity index is 215. The third-order valence-electron chi connectivity index (χ3n) is 0.868. The van der Waals surface area contributed by atoms with Gasteiger partial charge in [-0.15, -0.1) is 0 Å². The van der Waals surface area contributed by atoms with Gasteiger partial charge in [0.2, 0.25) is 0 Å². The van der Waals surface area contributed by atoms with Crippen molar-refractivity contribution < 1.29 is 22.4 Å². The summed E-state index contributed by atoms with van der Waals surface area (Å²) in [5.41, 5.74) is 0. The minimum Gasteiger partial charge on any atom is -0.338 e. The Kier molecular flexibility index (Phi) is 5.15. The average molecular weight is 217 g/mol. The van der Waals surface area contributed by atoms with Crippen LogP contribution >= 0.6 is 8.53 Å². The van der Waals surface area contributed by atoms with Crippen LogP contribution in [0.3, 0.4) is 0 Å². The molecule has 0 fully saturated rings. The first-order valence-corrected chi connectivity index (χ1v) is 6.16. The van der Waals surface area contributed by atoms with E-state index in [1.165, 1.54) is 0 Å². The fourth-order valence-corrected chi connectivity index (χ4v) is 1.38. The van der Waals surface area contributed by atoms with Gasteiger partial charge in [-0.25, -0.2) is 5.09 Å². The third-order valence-corrected chi connectivity index (χ3v) is 2.10. The number of nitrogens with one attached hydrogen (secondary N) is 1. The van der Waals surface area contributed by atoms with Crippen LogP contribution in [0.15, 0.2) is 0 Å². The summed E-state index contributed by atoms with van der Waals surface area (Å²) in [4.78, 5) is 16.9. The first kappa shape index (κ1) is 12.2. The molecule has 0 saturated carbocycles. The lowest BCUT2D eigenvalue weighted by Gasteiger charge is -2.12. The van der Waals surface area contributed by atoms with Crippen LogP contribution in [0.1, 0.15) is 6.92 Å². The van der Waals surface area contributed by atoms with Crippen molar-refractivity contribution in [1.82, 2.24) is 5.09 Å². The van der Waals surface area contributed by atoms with Gasteiger partial charge < -0.3 is 9.79 Å². The molecule has 8 heteroatoms. The van der Waals surface area contributed by atoms with Crippen molar-refractivity contribution in [2.75, 3.05) is 12.9 Å². The summed E-state index contributed by atoms with van der Waals surface area (Å²) in [5, 5.41) is 2.30. The first-order valence-electron chi connectivity index (χ1n) is 3.09. The maximum atomic E-state index is 10.5. The lowest BCUT2D eigenvalue weighted by molar-refractivity contribution is 0.288. The van der Waals surface area contributed by atoms with Crippen LogP contribution < -0.4 is 5.09 Å². The molecule has 0 aromatic rings. The second kappa shape index (κ2) is 5.06. The topological polar surface area (TPSA) is 95.9 Å². The van der Waals surface area contributed by atoms with E-state index >= 15 is 0 Å². The van der Waals surface area contributed by atoms with E-state index < -0.39 is 24.7 Å². The Morgan fingerprint density at radius 2 is 2.08 bits per heavy atom. The zero-order valence-electron chi connectivity index (χ0n) is 6.76. The van der Waals surface area contributed by atoms with Gasteiger partial charge in [0, 0.05) is 6.04 Å². The van der Waals surface area contributed by atoms with Gasteiger partial charge in [-0.1, -0.05) is 0 Å². The minimum atomic E-state index is -3.45.